The molecule has 17 heavy (non-hydrogen) atoms. The first-order chi connectivity index (χ1) is 7.81. The summed E-state index contributed by atoms with van der Waals surface area (Å²) >= 11 is 5.20. The van der Waals surface area contributed by atoms with E-state index in [4.69, 9.17) is 21.1 Å². The van der Waals surface area contributed by atoms with Gasteiger partial charge in [-0.05, 0) is 23.7 Å². The maximum absolute atomic E-state index is 12.5. The van der Waals surface area contributed by atoms with Crippen LogP contribution >= 0.6 is 11.6 Å². The van der Waals surface area contributed by atoms with Gasteiger partial charge >= 0.3 is 6.18 Å². The van der Waals surface area contributed by atoms with Crippen LogP contribution in [0, 0.1) is 0 Å². The van der Waals surface area contributed by atoms with E-state index in [1.165, 1.54) is 14.2 Å². The summed E-state index contributed by atoms with van der Waals surface area (Å²) in [5, 5.41) is -1.05. The van der Waals surface area contributed by atoms with Crippen LogP contribution in [0.25, 0.3) is 0 Å². The molecule has 0 atom stereocenters. The lowest BCUT2D eigenvalue weighted by Gasteiger charge is -2.14. The molecular weight excluding hydrogens is 261 g/mol. The molecule has 3 nitrogen and oxygen atoms in total. The summed E-state index contributed by atoms with van der Waals surface area (Å²) in [5.41, 5.74) is -1.42. The average molecular weight is 269 g/mol. The summed E-state index contributed by atoms with van der Waals surface area (Å²) in [5.74, 6) is -0.327. The van der Waals surface area contributed by atoms with Crippen molar-refractivity contribution >= 4 is 16.8 Å². The van der Waals surface area contributed by atoms with E-state index in [1.54, 1.807) is 0 Å². The Morgan fingerprint density at radius 1 is 1.24 bits per heavy atom. The fourth-order valence-corrected chi connectivity index (χ4v) is 1.41. The lowest BCUT2D eigenvalue weighted by Crippen LogP contribution is -2.08. The van der Waals surface area contributed by atoms with Gasteiger partial charge in [-0.25, -0.2) is 0 Å². The molecule has 0 heterocycles. The van der Waals surface area contributed by atoms with Gasteiger partial charge in [-0.15, -0.1) is 0 Å². The van der Waals surface area contributed by atoms with Gasteiger partial charge in [0, 0.05) is 0 Å². The molecule has 0 bridgehead atoms. The summed E-state index contributed by atoms with van der Waals surface area (Å²) in [4.78, 5) is 11.0. The Morgan fingerprint density at radius 3 is 2.18 bits per heavy atom. The Hall–Kier alpha value is -1.43. The highest BCUT2D eigenvalue weighted by atomic mass is 35.5. The van der Waals surface area contributed by atoms with Crippen molar-refractivity contribution in [2.24, 2.45) is 0 Å². The zero-order valence-electron chi connectivity index (χ0n) is 8.89. The quantitative estimate of drug-likeness (QED) is 0.790. The fraction of sp³-hybridized carbons (Fsp3) is 0.300. The Morgan fingerprint density at radius 2 is 1.82 bits per heavy atom. The number of methoxy groups -OCH3 is 2. The van der Waals surface area contributed by atoms with Crippen molar-refractivity contribution in [1.82, 2.24) is 0 Å². The average Bonchev–Trinajstić information content (AvgIpc) is 2.25. The Bertz CT molecular complexity index is 443. The number of carbonyl (C=O) groups excluding carboxylic acids is 1. The first kappa shape index (κ1) is 13.6. The van der Waals surface area contributed by atoms with Crippen LogP contribution in [-0.4, -0.2) is 19.5 Å². The number of hydrogen-bond acceptors (Lipinski definition) is 3. The largest absolute Gasteiger partial charge is 0.493 e. The van der Waals surface area contributed by atoms with Gasteiger partial charge in [0.1, 0.15) is 0 Å². The molecule has 0 unspecified atom stereocenters. The molecule has 0 amide bonds. The van der Waals surface area contributed by atoms with Crippen LogP contribution in [0.5, 0.6) is 11.5 Å². The molecule has 0 fully saturated rings. The summed E-state index contributed by atoms with van der Waals surface area (Å²) in [7, 11) is 2.37. The van der Waals surface area contributed by atoms with Gasteiger partial charge in [-0.1, -0.05) is 0 Å². The van der Waals surface area contributed by atoms with Gasteiger partial charge in [-0.2, -0.15) is 13.2 Å². The van der Waals surface area contributed by atoms with E-state index in [9.17, 15) is 18.0 Å². The Kier molecular flexibility index (Phi) is 3.87. The van der Waals surface area contributed by atoms with Gasteiger partial charge < -0.3 is 9.47 Å². The molecule has 0 aliphatic carbocycles. The zero-order valence-corrected chi connectivity index (χ0v) is 9.65. The van der Waals surface area contributed by atoms with Gasteiger partial charge in [0.15, 0.2) is 11.5 Å². The maximum Gasteiger partial charge on any atom is 0.416 e. The predicted molar refractivity (Wildman–Crippen MR) is 54.7 cm³/mol. The molecule has 1 rings (SSSR count). The minimum atomic E-state index is -4.60. The van der Waals surface area contributed by atoms with Crippen molar-refractivity contribution in [3.63, 3.8) is 0 Å². The van der Waals surface area contributed by atoms with Crippen molar-refractivity contribution in [1.29, 1.82) is 0 Å². The second-order valence-corrected chi connectivity index (χ2v) is 3.37. The molecule has 1 aromatic rings. The molecule has 0 radical (unpaired) electrons. The number of carbonyl (C=O) groups is 1. The Balaban J connectivity index is 3.51. The number of alkyl halides is 3. The third-order valence-electron chi connectivity index (χ3n) is 2.02. The highest BCUT2D eigenvalue weighted by molar-refractivity contribution is 6.68. The lowest BCUT2D eigenvalue weighted by atomic mass is 10.1. The SMILES string of the molecule is COc1cc(C(F)(F)F)cc(C(=O)Cl)c1OC. The van der Waals surface area contributed by atoms with Crippen molar-refractivity contribution in [2.45, 2.75) is 6.18 Å². The van der Waals surface area contributed by atoms with Crippen LogP contribution in [0.3, 0.4) is 0 Å². The van der Waals surface area contributed by atoms with Crippen molar-refractivity contribution in [3.05, 3.63) is 23.3 Å². The number of halogens is 4. The van der Waals surface area contributed by atoms with Crippen molar-refractivity contribution in [2.75, 3.05) is 14.2 Å². The smallest absolute Gasteiger partial charge is 0.416 e. The van der Waals surface area contributed by atoms with E-state index in [1.807, 2.05) is 0 Å². The molecule has 0 saturated carbocycles. The molecular formula is C10H8ClF3O3. The number of rotatable bonds is 3. The minimum Gasteiger partial charge on any atom is -0.493 e. The maximum atomic E-state index is 12.5. The number of benzene rings is 1. The lowest BCUT2D eigenvalue weighted by molar-refractivity contribution is -0.137. The first-order valence-electron chi connectivity index (χ1n) is 4.34. The summed E-state index contributed by atoms with van der Waals surface area (Å²) in [6.07, 6.45) is -4.60. The van der Waals surface area contributed by atoms with Gasteiger partial charge in [0.25, 0.3) is 5.24 Å². The van der Waals surface area contributed by atoms with E-state index < -0.39 is 17.0 Å². The van der Waals surface area contributed by atoms with Crippen LogP contribution in [0.15, 0.2) is 12.1 Å². The van der Waals surface area contributed by atoms with Crippen LogP contribution in [-0.2, 0) is 6.18 Å². The number of hydrogen-bond donors (Lipinski definition) is 0. The molecule has 0 N–H and O–H groups in total. The van der Waals surface area contributed by atoms with Crippen LogP contribution in [0.4, 0.5) is 13.2 Å². The van der Waals surface area contributed by atoms with Crippen LogP contribution < -0.4 is 9.47 Å². The monoisotopic (exact) mass is 268 g/mol. The molecule has 0 saturated heterocycles. The zero-order chi connectivity index (χ0) is 13.2. The van der Waals surface area contributed by atoms with Gasteiger partial charge in [0.05, 0.1) is 25.3 Å². The summed E-state index contributed by atoms with van der Waals surface area (Å²) < 4.78 is 47.1. The van der Waals surface area contributed by atoms with Crippen molar-refractivity contribution < 1.29 is 27.4 Å². The van der Waals surface area contributed by atoms with E-state index in [-0.39, 0.29) is 17.1 Å². The fourth-order valence-electron chi connectivity index (χ4n) is 1.27. The highest BCUT2D eigenvalue weighted by Crippen LogP contribution is 2.39. The normalized spacial score (nSPS) is 11.2. The van der Waals surface area contributed by atoms with Crippen LogP contribution in [0.2, 0.25) is 0 Å². The summed E-state index contributed by atoms with van der Waals surface area (Å²) in [6.45, 7) is 0. The van der Waals surface area contributed by atoms with Crippen LogP contribution in [0.1, 0.15) is 15.9 Å². The second-order valence-electron chi connectivity index (χ2n) is 3.03. The predicted octanol–water partition coefficient (Wildman–Crippen LogP) is 3.10. The minimum absolute atomic E-state index is 0.125. The van der Waals surface area contributed by atoms with E-state index in [0.717, 1.165) is 6.07 Å². The molecule has 7 heteroatoms. The molecule has 0 aromatic heterocycles. The third kappa shape index (κ3) is 2.82. The molecule has 0 aliphatic heterocycles. The van der Waals surface area contributed by atoms with E-state index in [0.29, 0.717) is 6.07 Å². The van der Waals surface area contributed by atoms with E-state index in [2.05, 4.69) is 0 Å². The van der Waals surface area contributed by atoms with Gasteiger partial charge in [-0.3, -0.25) is 4.79 Å². The van der Waals surface area contributed by atoms with Crippen molar-refractivity contribution in [3.8, 4) is 11.5 Å². The molecule has 1 aromatic carbocycles. The first-order valence-corrected chi connectivity index (χ1v) is 4.72. The second kappa shape index (κ2) is 4.83. The number of ether oxygens (including phenoxy) is 2. The summed E-state index contributed by atoms with van der Waals surface area (Å²) in [6, 6.07) is 1.36. The highest BCUT2D eigenvalue weighted by Gasteiger charge is 2.33. The van der Waals surface area contributed by atoms with Gasteiger partial charge in [0.2, 0.25) is 0 Å². The molecule has 94 valence electrons. The standard InChI is InChI=1S/C10H8ClF3O3/c1-16-7-4-5(10(12,13)14)3-6(9(11)15)8(7)17-2/h3-4H,1-2H3. The Labute approximate surface area is 100 Å². The molecule has 0 aliphatic rings. The topological polar surface area (TPSA) is 35.5 Å². The third-order valence-corrected chi connectivity index (χ3v) is 2.22. The van der Waals surface area contributed by atoms with E-state index >= 15 is 0 Å². The molecule has 0 spiro atoms.